The van der Waals surface area contributed by atoms with Crippen LogP contribution in [-0.4, -0.2) is 30.3 Å². The van der Waals surface area contributed by atoms with Crippen molar-refractivity contribution in [1.82, 2.24) is 29.4 Å². The Kier molecular flexibility index (Phi) is 7.97. The number of benzene rings is 4. The fourth-order valence-electron chi connectivity index (χ4n) is 7.81. The number of nitrogens with one attached hydrogen (secondary N) is 1. The van der Waals surface area contributed by atoms with E-state index in [0.717, 1.165) is 55.5 Å². The van der Waals surface area contributed by atoms with Gasteiger partial charge in [0.1, 0.15) is 17.5 Å². The number of nitrogens with zero attached hydrogens (tertiary/aromatic N) is 6. The maximum atomic E-state index is 14.3. The van der Waals surface area contributed by atoms with Gasteiger partial charge < -0.3 is 5.32 Å². The van der Waals surface area contributed by atoms with Crippen molar-refractivity contribution in [1.29, 1.82) is 0 Å². The van der Waals surface area contributed by atoms with Crippen molar-refractivity contribution in [3.8, 4) is 34.2 Å². The zero-order valence-corrected chi connectivity index (χ0v) is 30.0. The predicted molar refractivity (Wildman–Crippen MR) is 213 cm³/mol. The van der Waals surface area contributed by atoms with Crippen LogP contribution in [0.3, 0.4) is 0 Å². The summed E-state index contributed by atoms with van der Waals surface area (Å²) in [7, 11) is 0. The molecule has 0 saturated heterocycles. The average molecular weight is 780 g/mol. The zero-order valence-electron chi connectivity index (χ0n) is 30.0. The first-order chi connectivity index (χ1) is 28.0. The van der Waals surface area contributed by atoms with Gasteiger partial charge in [0.25, 0.3) is 0 Å². The van der Waals surface area contributed by atoms with Gasteiger partial charge in [-0.2, -0.15) is 26.3 Å². The van der Waals surface area contributed by atoms with Crippen LogP contribution in [0.5, 0.6) is 0 Å². The number of hydrogen-bond acceptors (Lipinski definition) is 5. The Bertz CT molecular complexity index is 3170. The lowest BCUT2D eigenvalue weighted by Gasteiger charge is -2.17. The van der Waals surface area contributed by atoms with Crippen LogP contribution in [0, 0.1) is 0 Å². The number of fused-ring (bicyclic) bond motifs is 6. The minimum absolute atomic E-state index is 0.0984. The molecule has 0 amide bonds. The van der Waals surface area contributed by atoms with Crippen molar-refractivity contribution in [2.24, 2.45) is 4.99 Å². The van der Waals surface area contributed by atoms with Crippen LogP contribution in [0.15, 0.2) is 139 Å². The highest BCUT2D eigenvalue weighted by molar-refractivity contribution is 6.10. The van der Waals surface area contributed by atoms with Crippen LogP contribution >= 0.6 is 0 Å². The summed E-state index contributed by atoms with van der Waals surface area (Å²) < 4.78 is 89.6. The number of para-hydroxylation sites is 1. The molecule has 58 heavy (non-hydrogen) atoms. The monoisotopic (exact) mass is 779 g/mol. The molecule has 1 N–H and O–H groups in total. The van der Waals surface area contributed by atoms with E-state index in [1.807, 2.05) is 88.0 Å². The lowest BCUT2D eigenvalue weighted by molar-refractivity contribution is -0.143. The fraction of sp³-hybridized carbons (Fsp3) is 0.0667. The van der Waals surface area contributed by atoms with Gasteiger partial charge in [-0.3, -0.25) is 9.13 Å². The molecule has 0 unspecified atom stereocenters. The number of halogens is 6. The molecule has 0 spiro atoms. The van der Waals surface area contributed by atoms with Gasteiger partial charge in [-0.15, -0.1) is 0 Å². The van der Waals surface area contributed by atoms with Crippen molar-refractivity contribution in [2.75, 3.05) is 0 Å². The third-order valence-corrected chi connectivity index (χ3v) is 10.4. The molecule has 0 saturated carbocycles. The standard InChI is InChI=1S/C45H27F6N7/c46-44(47,48)30-19-28(20-31(25-30)45(49,50)51)29-23-40(57-36-9-3-1-7-32(36)34-13-11-26(21-38(34)57)42-52-15-5-16-53-42)56-41(24-29)58-37-10-4-2-8-33(37)35-14-12-27(22-39(35)58)43-54-17-6-18-55-43/h1-7,9-25,54H,8H2. The molecule has 1 aliphatic carbocycles. The average Bonchev–Trinajstić information content (AvgIpc) is 3.75. The Morgan fingerprint density at radius 1 is 0.603 bits per heavy atom. The Labute approximate surface area is 325 Å². The molecule has 10 rings (SSSR count). The number of hydrogen-bond donors (Lipinski definition) is 1. The molecule has 7 nitrogen and oxygen atoms in total. The Morgan fingerprint density at radius 3 is 2.03 bits per heavy atom. The van der Waals surface area contributed by atoms with Crippen LogP contribution in [0.2, 0.25) is 0 Å². The lowest BCUT2D eigenvalue weighted by Crippen LogP contribution is -2.21. The van der Waals surface area contributed by atoms with Gasteiger partial charge in [-0.05, 0) is 89.9 Å². The first-order valence-corrected chi connectivity index (χ1v) is 18.1. The van der Waals surface area contributed by atoms with Crippen molar-refractivity contribution in [3.05, 3.63) is 161 Å². The lowest BCUT2D eigenvalue weighted by atomic mass is 9.99. The maximum absolute atomic E-state index is 14.3. The van der Waals surface area contributed by atoms with Crippen LogP contribution in [-0.2, 0) is 18.8 Å². The van der Waals surface area contributed by atoms with E-state index >= 15 is 0 Å². The molecule has 8 aromatic rings. The van der Waals surface area contributed by atoms with Crippen molar-refractivity contribution in [2.45, 2.75) is 18.8 Å². The molecule has 13 heteroatoms. The molecule has 5 heterocycles. The van der Waals surface area contributed by atoms with Gasteiger partial charge in [-0.1, -0.05) is 54.6 Å². The number of rotatable bonds is 4. The van der Waals surface area contributed by atoms with E-state index in [2.05, 4.69) is 20.3 Å². The van der Waals surface area contributed by atoms with Gasteiger partial charge in [-0.25, -0.2) is 19.9 Å². The van der Waals surface area contributed by atoms with Gasteiger partial charge >= 0.3 is 12.4 Å². The first kappa shape index (κ1) is 35.2. The van der Waals surface area contributed by atoms with Gasteiger partial charge in [0.15, 0.2) is 5.82 Å². The molecular weight excluding hydrogens is 753 g/mol. The van der Waals surface area contributed by atoms with Gasteiger partial charge in [0, 0.05) is 51.7 Å². The topological polar surface area (TPSA) is 72.9 Å². The molecule has 284 valence electrons. The van der Waals surface area contributed by atoms with Gasteiger partial charge in [0.05, 0.1) is 33.0 Å². The SMILES string of the molecule is FC(F)(F)c1cc(-c2cc(-n3c4c(c5ccc(=C6N=CC=CN6)cc53)CC=CC=4)nc(-n3c4ccccc4c4ccc(-c5ncccn5)cc43)c2)cc(C(F)(F)F)c1. The Morgan fingerprint density at radius 2 is 1.29 bits per heavy atom. The summed E-state index contributed by atoms with van der Waals surface area (Å²) in [5, 5.41) is 7.33. The summed E-state index contributed by atoms with van der Waals surface area (Å²) in [6, 6.07) is 25.7. The van der Waals surface area contributed by atoms with E-state index in [1.54, 1.807) is 43.0 Å². The normalized spacial score (nSPS) is 14.9. The predicted octanol–water partition coefficient (Wildman–Crippen LogP) is 9.43. The largest absolute Gasteiger partial charge is 0.416 e. The molecule has 0 atom stereocenters. The summed E-state index contributed by atoms with van der Waals surface area (Å²) in [6.45, 7) is 0. The third-order valence-electron chi connectivity index (χ3n) is 10.4. The van der Waals surface area contributed by atoms with E-state index in [-0.39, 0.29) is 28.8 Å². The van der Waals surface area contributed by atoms with E-state index < -0.39 is 23.5 Å². The molecule has 0 bridgehead atoms. The summed E-state index contributed by atoms with van der Waals surface area (Å²) in [5.74, 6) is 1.63. The fourth-order valence-corrected chi connectivity index (χ4v) is 7.81. The summed E-state index contributed by atoms with van der Waals surface area (Å²) in [6.07, 6.45) is 4.83. The number of pyridine rings is 1. The third kappa shape index (κ3) is 5.94. The second-order valence-electron chi connectivity index (χ2n) is 13.9. The highest BCUT2D eigenvalue weighted by Crippen LogP contribution is 2.40. The second-order valence-corrected chi connectivity index (χ2v) is 13.9. The highest BCUT2D eigenvalue weighted by atomic mass is 19.4. The van der Waals surface area contributed by atoms with Gasteiger partial charge in [0.2, 0.25) is 0 Å². The highest BCUT2D eigenvalue weighted by Gasteiger charge is 2.37. The van der Waals surface area contributed by atoms with E-state index in [0.29, 0.717) is 29.1 Å². The number of alkyl halides is 6. The Balaban J connectivity index is 1.32. The molecule has 4 aromatic carbocycles. The molecule has 0 radical (unpaired) electrons. The van der Waals surface area contributed by atoms with E-state index in [9.17, 15) is 26.3 Å². The maximum Gasteiger partial charge on any atom is 0.416 e. The van der Waals surface area contributed by atoms with Crippen LogP contribution in [0.1, 0.15) is 16.7 Å². The van der Waals surface area contributed by atoms with Crippen molar-refractivity contribution in [3.63, 3.8) is 0 Å². The second kappa shape index (κ2) is 13.2. The Hall–Kier alpha value is -7.28. The van der Waals surface area contributed by atoms with Crippen LogP contribution in [0.4, 0.5) is 26.3 Å². The summed E-state index contributed by atoms with van der Waals surface area (Å²) in [5.41, 5.74) is 0.816. The van der Waals surface area contributed by atoms with Crippen LogP contribution < -0.4 is 15.9 Å². The minimum atomic E-state index is -5.05. The van der Waals surface area contributed by atoms with E-state index in [4.69, 9.17) is 4.98 Å². The smallest absolute Gasteiger partial charge is 0.346 e. The molecule has 0 fully saturated rings. The number of aliphatic imine (C=N–C) groups is 1. The minimum Gasteiger partial charge on any atom is -0.346 e. The molecule has 2 aliphatic rings. The first-order valence-electron chi connectivity index (χ1n) is 18.1. The molecule has 4 aromatic heterocycles. The quantitative estimate of drug-likeness (QED) is 0.181. The van der Waals surface area contributed by atoms with E-state index in [1.165, 1.54) is 6.07 Å². The van der Waals surface area contributed by atoms with Crippen molar-refractivity contribution < 1.29 is 26.3 Å². The number of aromatic nitrogens is 5. The number of allylic oxidation sites excluding steroid dienone is 3. The van der Waals surface area contributed by atoms with Crippen LogP contribution in [0.25, 0.3) is 78.8 Å². The summed E-state index contributed by atoms with van der Waals surface area (Å²) >= 11 is 0. The van der Waals surface area contributed by atoms with Crippen molar-refractivity contribution >= 4 is 50.8 Å². The molecule has 1 aliphatic heterocycles. The zero-order chi connectivity index (χ0) is 39.8. The summed E-state index contributed by atoms with van der Waals surface area (Å²) in [4.78, 5) is 18.6. The molecular formula is C45H27F6N7.